The van der Waals surface area contributed by atoms with E-state index < -0.39 is 0 Å². The Balaban J connectivity index is 2.09. The Kier molecular flexibility index (Phi) is 9.14. The number of hydrogen-bond acceptors (Lipinski definition) is 2. The Morgan fingerprint density at radius 3 is 2.50 bits per heavy atom. The van der Waals surface area contributed by atoms with Crippen LogP contribution < -0.4 is 10.2 Å². The summed E-state index contributed by atoms with van der Waals surface area (Å²) in [5.74, 6) is 0.863. The number of anilines is 1. The smallest absolute Gasteiger partial charge is 0.0363 e. The SMILES string of the molecule is CCCCC(CC)CNCCCN(C)c1ccccc1. The zero-order valence-electron chi connectivity index (χ0n) is 13.6. The van der Waals surface area contributed by atoms with E-state index in [0.29, 0.717) is 0 Å². The summed E-state index contributed by atoms with van der Waals surface area (Å²) in [4.78, 5) is 2.33. The molecule has 0 bridgehead atoms. The maximum Gasteiger partial charge on any atom is 0.0363 e. The number of rotatable bonds is 11. The molecule has 1 aromatic rings. The standard InChI is InChI=1S/C18H32N2/c1-4-6-11-17(5-2)16-19-14-10-15-20(3)18-12-8-7-9-13-18/h7-9,12-13,17,19H,4-6,10-11,14-16H2,1-3H3. The third-order valence-electron chi connectivity index (χ3n) is 4.02. The molecule has 0 fully saturated rings. The van der Waals surface area contributed by atoms with E-state index in [9.17, 15) is 0 Å². The van der Waals surface area contributed by atoms with Crippen molar-refractivity contribution in [1.82, 2.24) is 5.32 Å². The minimum absolute atomic E-state index is 0.863. The molecule has 2 heteroatoms. The molecule has 114 valence electrons. The minimum atomic E-state index is 0.863. The summed E-state index contributed by atoms with van der Waals surface area (Å²) < 4.78 is 0. The lowest BCUT2D eigenvalue weighted by atomic mass is 9.99. The van der Waals surface area contributed by atoms with Gasteiger partial charge in [-0.3, -0.25) is 0 Å². The van der Waals surface area contributed by atoms with E-state index in [-0.39, 0.29) is 0 Å². The maximum atomic E-state index is 3.63. The van der Waals surface area contributed by atoms with Crippen LogP contribution in [0.15, 0.2) is 30.3 Å². The normalized spacial score (nSPS) is 12.3. The maximum absolute atomic E-state index is 3.63. The number of hydrogen-bond donors (Lipinski definition) is 1. The van der Waals surface area contributed by atoms with Gasteiger partial charge in [0.2, 0.25) is 0 Å². The molecule has 0 aliphatic rings. The zero-order valence-corrected chi connectivity index (χ0v) is 13.6. The lowest BCUT2D eigenvalue weighted by molar-refractivity contribution is 0.419. The Morgan fingerprint density at radius 1 is 1.10 bits per heavy atom. The largest absolute Gasteiger partial charge is 0.375 e. The van der Waals surface area contributed by atoms with Crippen molar-refractivity contribution in [3.05, 3.63) is 30.3 Å². The molecule has 0 radical (unpaired) electrons. The number of unbranched alkanes of at least 4 members (excludes halogenated alkanes) is 1. The van der Waals surface area contributed by atoms with Crippen molar-refractivity contribution in [3.8, 4) is 0 Å². The Hall–Kier alpha value is -1.02. The van der Waals surface area contributed by atoms with Gasteiger partial charge in [0.25, 0.3) is 0 Å². The summed E-state index contributed by atoms with van der Waals surface area (Å²) in [7, 11) is 2.17. The second kappa shape index (κ2) is 10.7. The fraction of sp³-hybridized carbons (Fsp3) is 0.667. The van der Waals surface area contributed by atoms with Gasteiger partial charge < -0.3 is 10.2 Å². The van der Waals surface area contributed by atoms with Crippen LogP contribution in [-0.4, -0.2) is 26.7 Å². The number of nitrogens with zero attached hydrogens (tertiary/aromatic N) is 1. The molecule has 0 aliphatic heterocycles. The Bertz CT molecular complexity index is 323. The first-order valence-electron chi connectivity index (χ1n) is 8.24. The van der Waals surface area contributed by atoms with E-state index in [1.165, 1.54) is 44.3 Å². The predicted octanol–water partition coefficient (Wildman–Crippen LogP) is 4.32. The highest BCUT2D eigenvalue weighted by Gasteiger charge is 2.05. The van der Waals surface area contributed by atoms with Gasteiger partial charge in [0.15, 0.2) is 0 Å². The lowest BCUT2D eigenvalue weighted by Crippen LogP contribution is -2.27. The predicted molar refractivity (Wildman–Crippen MR) is 90.5 cm³/mol. The van der Waals surface area contributed by atoms with Crippen molar-refractivity contribution < 1.29 is 0 Å². The third-order valence-corrected chi connectivity index (χ3v) is 4.02. The molecule has 1 aromatic carbocycles. The second-order valence-corrected chi connectivity index (χ2v) is 5.73. The molecule has 1 unspecified atom stereocenters. The monoisotopic (exact) mass is 276 g/mol. The van der Waals surface area contributed by atoms with Crippen molar-refractivity contribution in [1.29, 1.82) is 0 Å². The van der Waals surface area contributed by atoms with Gasteiger partial charge in [-0.1, -0.05) is 51.3 Å². The Labute approximate surface area is 125 Å². The van der Waals surface area contributed by atoms with Crippen LogP contribution >= 0.6 is 0 Å². The van der Waals surface area contributed by atoms with E-state index >= 15 is 0 Å². The van der Waals surface area contributed by atoms with E-state index in [0.717, 1.165) is 19.0 Å². The average Bonchev–Trinajstić information content (AvgIpc) is 2.50. The van der Waals surface area contributed by atoms with Gasteiger partial charge in [0, 0.05) is 19.3 Å². The molecule has 0 saturated carbocycles. The van der Waals surface area contributed by atoms with Crippen molar-refractivity contribution in [2.75, 3.05) is 31.6 Å². The molecular formula is C18H32N2. The highest BCUT2D eigenvalue weighted by Crippen LogP contribution is 2.12. The van der Waals surface area contributed by atoms with E-state index in [2.05, 4.69) is 61.4 Å². The Morgan fingerprint density at radius 2 is 1.85 bits per heavy atom. The second-order valence-electron chi connectivity index (χ2n) is 5.73. The van der Waals surface area contributed by atoms with Crippen LogP contribution in [0.4, 0.5) is 5.69 Å². The topological polar surface area (TPSA) is 15.3 Å². The van der Waals surface area contributed by atoms with Crippen molar-refractivity contribution in [2.45, 2.75) is 46.0 Å². The molecule has 2 nitrogen and oxygen atoms in total. The molecule has 20 heavy (non-hydrogen) atoms. The summed E-state index contributed by atoms with van der Waals surface area (Å²) in [5, 5.41) is 3.63. The van der Waals surface area contributed by atoms with Crippen molar-refractivity contribution in [3.63, 3.8) is 0 Å². The molecule has 1 N–H and O–H groups in total. The quantitative estimate of drug-likeness (QED) is 0.606. The van der Waals surface area contributed by atoms with E-state index in [1.807, 2.05) is 0 Å². The van der Waals surface area contributed by atoms with Gasteiger partial charge in [-0.05, 0) is 44.0 Å². The van der Waals surface area contributed by atoms with Gasteiger partial charge in [-0.2, -0.15) is 0 Å². The zero-order chi connectivity index (χ0) is 14.6. The van der Waals surface area contributed by atoms with Crippen LogP contribution in [0.5, 0.6) is 0 Å². The summed E-state index contributed by atoms with van der Waals surface area (Å²) in [6.45, 7) is 8.01. The minimum Gasteiger partial charge on any atom is -0.375 e. The van der Waals surface area contributed by atoms with Crippen LogP contribution in [0.25, 0.3) is 0 Å². The number of nitrogens with one attached hydrogen (secondary N) is 1. The summed E-state index contributed by atoms with van der Waals surface area (Å²) in [6.07, 6.45) is 6.58. The highest BCUT2D eigenvalue weighted by molar-refractivity contribution is 5.44. The molecule has 0 spiro atoms. The molecule has 0 aromatic heterocycles. The first-order chi connectivity index (χ1) is 9.77. The van der Waals surface area contributed by atoms with Crippen molar-refractivity contribution >= 4 is 5.69 Å². The first kappa shape index (κ1) is 17.0. The van der Waals surface area contributed by atoms with Crippen LogP contribution in [0, 0.1) is 5.92 Å². The summed E-state index contributed by atoms with van der Waals surface area (Å²) in [5.41, 5.74) is 1.31. The van der Waals surface area contributed by atoms with Gasteiger partial charge in [-0.15, -0.1) is 0 Å². The van der Waals surface area contributed by atoms with Crippen molar-refractivity contribution in [2.24, 2.45) is 5.92 Å². The van der Waals surface area contributed by atoms with Gasteiger partial charge in [-0.25, -0.2) is 0 Å². The molecule has 0 heterocycles. The van der Waals surface area contributed by atoms with Crippen LogP contribution in [0.1, 0.15) is 46.0 Å². The highest BCUT2D eigenvalue weighted by atomic mass is 15.1. The van der Waals surface area contributed by atoms with Crippen LogP contribution in [0.2, 0.25) is 0 Å². The molecule has 0 saturated heterocycles. The number of para-hydroxylation sites is 1. The molecular weight excluding hydrogens is 244 g/mol. The van der Waals surface area contributed by atoms with E-state index in [4.69, 9.17) is 0 Å². The fourth-order valence-electron chi connectivity index (χ4n) is 2.50. The number of benzene rings is 1. The molecule has 0 amide bonds. The van der Waals surface area contributed by atoms with Gasteiger partial charge in [0.1, 0.15) is 0 Å². The third kappa shape index (κ3) is 6.95. The van der Waals surface area contributed by atoms with Crippen LogP contribution in [0.3, 0.4) is 0 Å². The summed E-state index contributed by atoms with van der Waals surface area (Å²) >= 11 is 0. The van der Waals surface area contributed by atoms with Gasteiger partial charge in [0.05, 0.1) is 0 Å². The van der Waals surface area contributed by atoms with E-state index in [1.54, 1.807) is 0 Å². The van der Waals surface area contributed by atoms with Crippen LogP contribution in [-0.2, 0) is 0 Å². The molecule has 0 aliphatic carbocycles. The summed E-state index contributed by atoms with van der Waals surface area (Å²) in [6, 6.07) is 10.6. The lowest BCUT2D eigenvalue weighted by Gasteiger charge is -2.20. The molecule has 1 atom stereocenters. The van der Waals surface area contributed by atoms with Gasteiger partial charge >= 0.3 is 0 Å². The average molecular weight is 276 g/mol. The molecule has 1 rings (SSSR count). The first-order valence-corrected chi connectivity index (χ1v) is 8.24. The fourth-order valence-corrected chi connectivity index (χ4v) is 2.50.